The van der Waals surface area contributed by atoms with Crippen LogP contribution in [0.4, 0.5) is 13.2 Å². The van der Waals surface area contributed by atoms with Gasteiger partial charge in [-0.1, -0.05) is 6.07 Å². The Morgan fingerprint density at radius 3 is 2.62 bits per heavy atom. The second kappa shape index (κ2) is 7.54. The van der Waals surface area contributed by atoms with Crippen molar-refractivity contribution in [2.24, 2.45) is 5.92 Å². The van der Waals surface area contributed by atoms with E-state index in [4.69, 9.17) is 0 Å². The number of thiophene rings is 1. The van der Waals surface area contributed by atoms with Gasteiger partial charge in [0.1, 0.15) is 6.54 Å². The van der Waals surface area contributed by atoms with E-state index in [1.54, 1.807) is 12.1 Å². The van der Waals surface area contributed by atoms with Crippen molar-refractivity contribution in [3.05, 3.63) is 22.4 Å². The summed E-state index contributed by atoms with van der Waals surface area (Å²) in [7, 11) is 0. The molecule has 2 heterocycles. The summed E-state index contributed by atoms with van der Waals surface area (Å²) in [5, 5.41) is 1.81. The van der Waals surface area contributed by atoms with Crippen molar-refractivity contribution in [1.82, 2.24) is 4.90 Å². The number of carbonyl (C=O) groups excluding carboxylic acids is 1. The summed E-state index contributed by atoms with van der Waals surface area (Å²) in [5.74, 6) is 1.86. The molecule has 0 aliphatic carbocycles. The van der Waals surface area contributed by atoms with Crippen LogP contribution in [0.1, 0.15) is 24.1 Å². The minimum atomic E-state index is -4.35. The Bertz CT molecular complexity index is 442. The number of rotatable bonds is 5. The quantitative estimate of drug-likeness (QED) is 0.804. The molecule has 118 valence electrons. The van der Waals surface area contributed by atoms with E-state index in [0.717, 1.165) is 34.1 Å². The van der Waals surface area contributed by atoms with Crippen molar-refractivity contribution in [3.8, 4) is 0 Å². The van der Waals surface area contributed by atoms with Gasteiger partial charge in [0.15, 0.2) is 0 Å². The van der Waals surface area contributed by atoms with Crippen LogP contribution in [-0.4, -0.2) is 35.0 Å². The SMILES string of the molecule is O=C(CC1CCSCC1)N(Cc1cccs1)CC(F)(F)F. The highest BCUT2D eigenvalue weighted by Crippen LogP contribution is 2.27. The van der Waals surface area contributed by atoms with E-state index >= 15 is 0 Å². The summed E-state index contributed by atoms with van der Waals surface area (Å²) in [6.45, 7) is -1.11. The van der Waals surface area contributed by atoms with Crippen LogP contribution in [-0.2, 0) is 11.3 Å². The Kier molecular flexibility index (Phi) is 5.98. The molecule has 0 atom stereocenters. The fourth-order valence-electron chi connectivity index (χ4n) is 2.37. The molecule has 0 saturated carbocycles. The van der Waals surface area contributed by atoms with Gasteiger partial charge >= 0.3 is 6.18 Å². The van der Waals surface area contributed by atoms with Gasteiger partial charge in [0.25, 0.3) is 0 Å². The van der Waals surface area contributed by atoms with Crippen molar-refractivity contribution in [1.29, 1.82) is 0 Å². The summed E-state index contributed by atoms with van der Waals surface area (Å²) in [5.41, 5.74) is 0. The lowest BCUT2D eigenvalue weighted by molar-refractivity contribution is -0.163. The van der Waals surface area contributed by atoms with Crippen LogP contribution in [0.3, 0.4) is 0 Å². The molecule has 2 nitrogen and oxygen atoms in total. The average molecular weight is 337 g/mol. The highest BCUT2D eigenvalue weighted by Gasteiger charge is 2.33. The Morgan fingerprint density at radius 2 is 2.05 bits per heavy atom. The lowest BCUT2D eigenvalue weighted by Crippen LogP contribution is -2.39. The van der Waals surface area contributed by atoms with Crippen LogP contribution in [0.25, 0.3) is 0 Å². The van der Waals surface area contributed by atoms with E-state index in [9.17, 15) is 18.0 Å². The molecule has 1 fully saturated rings. The minimum Gasteiger partial charge on any atom is -0.328 e. The highest BCUT2D eigenvalue weighted by atomic mass is 32.2. The van der Waals surface area contributed by atoms with Crippen molar-refractivity contribution in [2.45, 2.75) is 32.0 Å². The maximum Gasteiger partial charge on any atom is 0.406 e. The molecule has 1 aliphatic rings. The van der Waals surface area contributed by atoms with Crippen LogP contribution < -0.4 is 0 Å². The molecule has 0 radical (unpaired) electrons. The van der Waals surface area contributed by atoms with Gasteiger partial charge in [-0.05, 0) is 41.7 Å². The molecule has 1 aromatic heterocycles. The van der Waals surface area contributed by atoms with E-state index in [1.807, 2.05) is 17.1 Å². The lowest BCUT2D eigenvalue weighted by Gasteiger charge is -2.27. The molecule has 0 N–H and O–H groups in total. The second-order valence-corrected chi connectivity index (χ2v) is 7.46. The number of alkyl halides is 3. The molecule has 0 spiro atoms. The fourth-order valence-corrected chi connectivity index (χ4v) is 4.29. The van der Waals surface area contributed by atoms with E-state index < -0.39 is 12.7 Å². The Balaban J connectivity index is 1.97. The van der Waals surface area contributed by atoms with Crippen LogP contribution >= 0.6 is 23.1 Å². The van der Waals surface area contributed by atoms with Gasteiger partial charge < -0.3 is 4.90 Å². The van der Waals surface area contributed by atoms with E-state index in [0.29, 0.717) is 0 Å². The normalized spacial score (nSPS) is 16.9. The molecule has 1 amide bonds. The molecule has 7 heteroatoms. The molecule has 1 aromatic rings. The number of hydrogen-bond acceptors (Lipinski definition) is 3. The predicted molar refractivity (Wildman–Crippen MR) is 80.5 cm³/mol. The van der Waals surface area contributed by atoms with Gasteiger partial charge in [0.2, 0.25) is 5.91 Å². The highest BCUT2D eigenvalue weighted by molar-refractivity contribution is 7.99. The first-order chi connectivity index (χ1) is 9.94. The van der Waals surface area contributed by atoms with E-state index in [2.05, 4.69) is 0 Å². The first-order valence-electron chi connectivity index (χ1n) is 6.89. The molecule has 2 rings (SSSR count). The average Bonchev–Trinajstić information content (AvgIpc) is 2.90. The molecule has 0 bridgehead atoms. The van der Waals surface area contributed by atoms with Gasteiger partial charge in [-0.25, -0.2) is 0 Å². The summed E-state index contributed by atoms with van der Waals surface area (Å²) >= 11 is 3.22. The zero-order valence-electron chi connectivity index (χ0n) is 11.6. The van der Waals surface area contributed by atoms with Crippen LogP contribution in [0.2, 0.25) is 0 Å². The molecule has 1 saturated heterocycles. The van der Waals surface area contributed by atoms with Gasteiger partial charge in [-0.2, -0.15) is 24.9 Å². The fraction of sp³-hybridized carbons (Fsp3) is 0.643. The standard InChI is InChI=1S/C14H18F3NOS2/c15-14(16,17)10-18(9-12-2-1-5-21-12)13(19)8-11-3-6-20-7-4-11/h1-2,5,11H,3-4,6-10H2. The molecular weight excluding hydrogens is 319 g/mol. The third-order valence-corrected chi connectivity index (χ3v) is 5.36. The van der Waals surface area contributed by atoms with Gasteiger partial charge in [0, 0.05) is 11.3 Å². The van der Waals surface area contributed by atoms with Crippen LogP contribution in [0.15, 0.2) is 17.5 Å². The topological polar surface area (TPSA) is 20.3 Å². The molecule has 21 heavy (non-hydrogen) atoms. The maximum atomic E-state index is 12.7. The van der Waals surface area contributed by atoms with E-state index in [1.165, 1.54) is 11.3 Å². The monoisotopic (exact) mass is 337 g/mol. The number of hydrogen-bond donors (Lipinski definition) is 0. The number of carbonyl (C=O) groups is 1. The van der Waals surface area contributed by atoms with Crippen LogP contribution in [0, 0.1) is 5.92 Å². The Hall–Kier alpha value is -0.690. The Labute approximate surface area is 130 Å². The number of thioether (sulfide) groups is 1. The molecule has 1 aliphatic heterocycles. The van der Waals surface area contributed by atoms with Crippen molar-refractivity contribution < 1.29 is 18.0 Å². The van der Waals surface area contributed by atoms with Crippen molar-refractivity contribution >= 4 is 29.0 Å². The first-order valence-corrected chi connectivity index (χ1v) is 8.92. The number of nitrogens with zero attached hydrogens (tertiary/aromatic N) is 1. The molecule has 0 aromatic carbocycles. The summed E-state index contributed by atoms with van der Waals surface area (Å²) in [4.78, 5) is 14.0. The lowest BCUT2D eigenvalue weighted by atomic mass is 9.98. The third-order valence-electron chi connectivity index (χ3n) is 3.45. The second-order valence-electron chi connectivity index (χ2n) is 5.20. The van der Waals surface area contributed by atoms with Gasteiger partial charge in [0.05, 0.1) is 6.54 Å². The molecule has 0 unspecified atom stereocenters. The maximum absolute atomic E-state index is 12.7. The van der Waals surface area contributed by atoms with Crippen molar-refractivity contribution in [3.63, 3.8) is 0 Å². The summed E-state index contributed by atoms with van der Waals surface area (Å²) in [6, 6.07) is 3.55. The zero-order chi connectivity index (χ0) is 15.3. The smallest absolute Gasteiger partial charge is 0.328 e. The van der Waals surface area contributed by atoms with Crippen LogP contribution in [0.5, 0.6) is 0 Å². The van der Waals surface area contributed by atoms with Gasteiger partial charge in [-0.15, -0.1) is 11.3 Å². The summed E-state index contributed by atoms with van der Waals surface area (Å²) in [6.07, 6.45) is -2.26. The predicted octanol–water partition coefficient (Wildman–Crippen LogP) is 4.17. The minimum absolute atomic E-state index is 0.0531. The number of amides is 1. The van der Waals surface area contributed by atoms with Gasteiger partial charge in [-0.3, -0.25) is 4.79 Å². The van der Waals surface area contributed by atoms with E-state index in [-0.39, 0.29) is 24.8 Å². The zero-order valence-corrected chi connectivity index (χ0v) is 13.2. The molecular formula is C14H18F3NOS2. The number of halogens is 3. The first kappa shape index (κ1) is 16.7. The van der Waals surface area contributed by atoms with Crippen molar-refractivity contribution in [2.75, 3.05) is 18.1 Å². The Morgan fingerprint density at radius 1 is 1.33 bits per heavy atom. The largest absolute Gasteiger partial charge is 0.406 e. The third kappa shape index (κ3) is 5.90. The summed E-state index contributed by atoms with van der Waals surface area (Å²) < 4.78 is 38.0.